The molecule has 0 fully saturated rings. The van der Waals surface area contributed by atoms with Crippen LogP contribution in [0.3, 0.4) is 0 Å². The van der Waals surface area contributed by atoms with Crippen LogP contribution in [0.2, 0.25) is 10.0 Å². The fourth-order valence-corrected chi connectivity index (χ4v) is 5.07. The lowest BCUT2D eigenvalue weighted by Crippen LogP contribution is -2.50. The summed E-state index contributed by atoms with van der Waals surface area (Å²) in [5.74, 6) is -0.361. The van der Waals surface area contributed by atoms with Gasteiger partial charge in [-0.05, 0) is 54.8 Å². The monoisotopic (exact) mass is 503 g/mol. The first kappa shape index (κ1) is 24.0. The van der Waals surface area contributed by atoms with Crippen molar-refractivity contribution in [2.24, 2.45) is 0 Å². The molecule has 2 aromatic rings. The summed E-state index contributed by atoms with van der Waals surface area (Å²) in [4.78, 5) is 28.3. The molecule has 2 aliphatic heterocycles. The van der Waals surface area contributed by atoms with Crippen LogP contribution in [0.25, 0.3) is 0 Å². The zero-order chi connectivity index (χ0) is 24.8. The van der Waals surface area contributed by atoms with E-state index in [1.165, 1.54) is 25.3 Å². The number of fused-ring (bicyclic) bond motifs is 3. The van der Waals surface area contributed by atoms with Crippen molar-refractivity contribution in [1.82, 2.24) is 4.90 Å². The fourth-order valence-electron chi connectivity index (χ4n) is 4.58. The first-order chi connectivity index (χ1) is 16.1. The Hall–Kier alpha value is -3.16. The van der Waals surface area contributed by atoms with E-state index in [-0.39, 0.29) is 32.5 Å². The first-order valence-corrected chi connectivity index (χ1v) is 11.2. The normalized spacial score (nSPS) is 18.8. The highest BCUT2D eigenvalue weighted by Gasteiger charge is 2.47. The number of carbonyl (C=O) groups is 2. The number of phenolic OH excluding ortho intramolecular Hbond substituents is 1. The van der Waals surface area contributed by atoms with Gasteiger partial charge < -0.3 is 24.2 Å². The van der Waals surface area contributed by atoms with E-state index in [0.29, 0.717) is 24.5 Å². The molecule has 2 aromatic carbocycles. The Morgan fingerprint density at radius 2 is 1.74 bits per heavy atom. The molecule has 0 bridgehead atoms. The molecule has 0 aromatic heterocycles. The predicted molar refractivity (Wildman–Crippen MR) is 128 cm³/mol. The van der Waals surface area contributed by atoms with Crippen LogP contribution in [0.1, 0.15) is 28.4 Å². The molecule has 34 heavy (non-hydrogen) atoms. The molecule has 1 atom stereocenters. The molecule has 1 N–H and O–H groups in total. The second-order valence-electron chi connectivity index (χ2n) is 8.13. The van der Waals surface area contributed by atoms with Crippen LogP contribution >= 0.6 is 23.2 Å². The van der Waals surface area contributed by atoms with Crippen molar-refractivity contribution in [2.45, 2.75) is 18.9 Å². The topological polar surface area (TPSA) is 85.3 Å². The number of phenols is 1. The van der Waals surface area contributed by atoms with Crippen LogP contribution in [0, 0.1) is 0 Å². The van der Waals surface area contributed by atoms with Crippen LogP contribution in [0.4, 0.5) is 0 Å². The Bertz CT molecular complexity index is 1270. The average molecular weight is 504 g/mol. The van der Waals surface area contributed by atoms with Gasteiger partial charge in [0, 0.05) is 23.3 Å². The summed E-state index contributed by atoms with van der Waals surface area (Å²) in [6.45, 7) is 2.41. The van der Waals surface area contributed by atoms with E-state index in [1.54, 1.807) is 20.4 Å². The van der Waals surface area contributed by atoms with Crippen LogP contribution in [-0.2, 0) is 21.5 Å². The lowest BCUT2D eigenvalue weighted by atomic mass is 9.74. The molecular weight excluding hydrogens is 481 g/mol. The Morgan fingerprint density at radius 1 is 1.06 bits per heavy atom. The molecule has 0 saturated heterocycles. The third kappa shape index (κ3) is 3.69. The minimum atomic E-state index is -0.933. The SMILES string of the molecule is COC(=O)C1=CC(C(=O)c2cc(Cl)cc(Cl)c2O)=CN2CCc3cc(OC)c(OC)cc3[C@@]12C. The second kappa shape index (κ2) is 8.89. The van der Waals surface area contributed by atoms with Crippen molar-refractivity contribution in [3.63, 3.8) is 0 Å². The van der Waals surface area contributed by atoms with Gasteiger partial charge in [-0.3, -0.25) is 4.79 Å². The summed E-state index contributed by atoms with van der Waals surface area (Å²) in [5, 5.41) is 10.5. The van der Waals surface area contributed by atoms with Gasteiger partial charge in [-0.1, -0.05) is 23.2 Å². The molecule has 9 heteroatoms. The molecule has 4 rings (SSSR count). The quantitative estimate of drug-likeness (QED) is 0.468. The number of benzene rings is 2. The molecule has 7 nitrogen and oxygen atoms in total. The smallest absolute Gasteiger partial charge is 0.336 e. The molecule has 0 spiro atoms. The van der Waals surface area contributed by atoms with Crippen LogP contribution in [0.15, 0.2) is 47.7 Å². The third-order valence-electron chi connectivity index (χ3n) is 6.39. The number of hydrogen-bond donors (Lipinski definition) is 1. The molecule has 0 unspecified atom stereocenters. The van der Waals surface area contributed by atoms with E-state index in [1.807, 2.05) is 24.0 Å². The number of esters is 1. The van der Waals surface area contributed by atoms with E-state index >= 15 is 0 Å². The van der Waals surface area contributed by atoms with Crippen LogP contribution in [-0.4, -0.2) is 49.6 Å². The van der Waals surface area contributed by atoms with Gasteiger partial charge in [0.2, 0.25) is 0 Å². The number of carbonyl (C=O) groups excluding carboxylic acids is 2. The van der Waals surface area contributed by atoms with Crippen molar-refractivity contribution in [3.8, 4) is 17.2 Å². The molecule has 0 amide bonds. The van der Waals surface area contributed by atoms with Gasteiger partial charge in [-0.2, -0.15) is 0 Å². The number of ether oxygens (including phenoxy) is 3. The van der Waals surface area contributed by atoms with E-state index in [9.17, 15) is 14.7 Å². The first-order valence-electron chi connectivity index (χ1n) is 10.4. The van der Waals surface area contributed by atoms with Crippen molar-refractivity contribution in [2.75, 3.05) is 27.9 Å². The number of halogens is 2. The molecule has 2 aliphatic rings. The van der Waals surface area contributed by atoms with Crippen LogP contribution < -0.4 is 9.47 Å². The van der Waals surface area contributed by atoms with Gasteiger partial charge in [-0.15, -0.1) is 0 Å². The largest absolute Gasteiger partial charge is 0.506 e. The number of allylic oxidation sites excluding steroid dienone is 2. The third-order valence-corrected chi connectivity index (χ3v) is 6.90. The van der Waals surface area contributed by atoms with Crippen molar-refractivity contribution >= 4 is 35.0 Å². The summed E-state index contributed by atoms with van der Waals surface area (Å²) >= 11 is 12.1. The highest BCUT2D eigenvalue weighted by Crippen LogP contribution is 2.48. The molecule has 2 heterocycles. The maximum Gasteiger partial charge on any atom is 0.336 e. The van der Waals surface area contributed by atoms with Crippen molar-refractivity contribution in [3.05, 3.63) is 74.4 Å². The van der Waals surface area contributed by atoms with Gasteiger partial charge in [0.1, 0.15) is 5.75 Å². The molecule has 0 aliphatic carbocycles. The minimum Gasteiger partial charge on any atom is -0.506 e. The van der Waals surface area contributed by atoms with Crippen molar-refractivity contribution < 1.29 is 28.9 Å². The Balaban J connectivity index is 1.89. The summed E-state index contributed by atoms with van der Waals surface area (Å²) in [6, 6.07) is 6.44. The zero-order valence-corrected chi connectivity index (χ0v) is 20.6. The van der Waals surface area contributed by atoms with E-state index in [0.717, 1.165) is 11.1 Å². The molecule has 178 valence electrons. The highest BCUT2D eigenvalue weighted by molar-refractivity contribution is 6.36. The lowest BCUT2D eigenvalue weighted by Gasteiger charge is -2.48. The average Bonchev–Trinajstić information content (AvgIpc) is 2.83. The van der Waals surface area contributed by atoms with Crippen molar-refractivity contribution in [1.29, 1.82) is 0 Å². The number of methoxy groups -OCH3 is 3. The standard InChI is InChI=1S/C25H23Cl2NO6/c1-25-17-11-21(33-3)20(32-2)8-13(17)5-6-28(25)12-14(7-18(25)24(31)34-4)22(29)16-9-15(26)10-19(27)23(16)30/h7-12,30H,5-6H2,1-4H3/t25-/m0/s1. The van der Waals surface area contributed by atoms with Gasteiger partial charge >= 0.3 is 5.97 Å². The second-order valence-corrected chi connectivity index (χ2v) is 8.97. The summed E-state index contributed by atoms with van der Waals surface area (Å²) in [5.41, 5.74) is 1.30. The number of nitrogens with zero attached hydrogens (tertiary/aromatic N) is 1. The zero-order valence-electron chi connectivity index (χ0n) is 19.1. The van der Waals surface area contributed by atoms with E-state index in [4.69, 9.17) is 37.4 Å². The predicted octanol–water partition coefficient (Wildman–Crippen LogP) is 4.67. The number of hydrogen-bond acceptors (Lipinski definition) is 7. The number of ketones is 1. The molecular formula is C25H23Cl2NO6. The summed E-state index contributed by atoms with van der Waals surface area (Å²) < 4.78 is 16.0. The Labute approximate surface area is 207 Å². The summed E-state index contributed by atoms with van der Waals surface area (Å²) in [6.07, 6.45) is 3.82. The van der Waals surface area contributed by atoms with Gasteiger partial charge in [-0.25, -0.2) is 4.79 Å². The van der Waals surface area contributed by atoms with E-state index in [2.05, 4.69) is 0 Å². The fraction of sp³-hybridized carbons (Fsp3) is 0.280. The van der Waals surface area contributed by atoms with Gasteiger partial charge in [0.05, 0.1) is 43.0 Å². The van der Waals surface area contributed by atoms with E-state index < -0.39 is 17.3 Å². The van der Waals surface area contributed by atoms with Gasteiger partial charge in [0.25, 0.3) is 0 Å². The maximum atomic E-state index is 13.4. The minimum absolute atomic E-state index is 0.0396. The Morgan fingerprint density at radius 3 is 2.38 bits per heavy atom. The number of aromatic hydroxyl groups is 1. The molecule has 0 saturated carbocycles. The van der Waals surface area contributed by atoms with Crippen LogP contribution in [0.5, 0.6) is 17.2 Å². The molecule has 0 radical (unpaired) electrons. The highest BCUT2D eigenvalue weighted by atomic mass is 35.5. The number of Topliss-reactive ketones (excluding diaryl/α,β-unsaturated/α-hetero) is 1. The Kier molecular flexibility index (Phi) is 6.27. The van der Waals surface area contributed by atoms with Gasteiger partial charge in [0.15, 0.2) is 17.3 Å². The number of rotatable bonds is 5. The lowest BCUT2D eigenvalue weighted by molar-refractivity contribution is -0.137. The maximum absolute atomic E-state index is 13.4. The summed E-state index contributed by atoms with van der Waals surface area (Å²) in [7, 11) is 4.40.